The predicted molar refractivity (Wildman–Crippen MR) is 98.6 cm³/mol. The number of carbonyl (C=O) groups excluding carboxylic acids is 1. The summed E-state index contributed by atoms with van der Waals surface area (Å²) in [6.07, 6.45) is 0.667. The van der Waals surface area contributed by atoms with Gasteiger partial charge < -0.3 is 5.73 Å². The fraction of sp³-hybridized carbons (Fsp3) is 0.500. The highest BCUT2D eigenvalue weighted by atomic mass is 32.2. The van der Waals surface area contributed by atoms with E-state index in [4.69, 9.17) is 5.73 Å². The van der Waals surface area contributed by atoms with Crippen LogP contribution in [0.3, 0.4) is 0 Å². The highest BCUT2D eigenvalue weighted by molar-refractivity contribution is 8.02. The summed E-state index contributed by atoms with van der Waals surface area (Å²) in [5, 5.41) is 0. The number of rotatable bonds is 4. The fourth-order valence-corrected chi connectivity index (χ4v) is 4.76. The van der Waals surface area contributed by atoms with Gasteiger partial charge in [-0.05, 0) is 53.9 Å². The van der Waals surface area contributed by atoms with Gasteiger partial charge in [-0.15, -0.1) is 0 Å². The van der Waals surface area contributed by atoms with Gasteiger partial charge in [0.1, 0.15) is 17.4 Å². The number of hydrogen-bond acceptors (Lipinski definition) is 4. The molecule has 0 saturated heterocycles. The highest BCUT2D eigenvalue weighted by Crippen LogP contribution is 2.38. The summed E-state index contributed by atoms with van der Waals surface area (Å²) in [5.74, 6) is 3.81. The Morgan fingerprint density at radius 1 is 1.42 bits per heavy atom. The maximum Gasteiger partial charge on any atom is 0.136 e. The van der Waals surface area contributed by atoms with Crippen LogP contribution in [0.25, 0.3) is 0 Å². The average Bonchev–Trinajstić information content (AvgIpc) is 2.46. The van der Waals surface area contributed by atoms with Gasteiger partial charge in [-0.1, -0.05) is 13.0 Å². The number of nitrogens with two attached hydrogens (primary N) is 1. The monoisotopic (exact) mass is 352 g/mol. The number of hydrogen-bond donors (Lipinski definition) is 1. The van der Waals surface area contributed by atoms with E-state index in [0.717, 1.165) is 0 Å². The molecule has 0 bridgehead atoms. The van der Waals surface area contributed by atoms with Crippen molar-refractivity contribution in [2.45, 2.75) is 50.8 Å². The second-order valence-corrected chi connectivity index (χ2v) is 10.1. The first-order valence-corrected chi connectivity index (χ1v) is 9.83. The molecule has 24 heavy (non-hydrogen) atoms. The van der Waals surface area contributed by atoms with E-state index in [2.05, 4.69) is 10.9 Å². The lowest BCUT2D eigenvalue weighted by Crippen LogP contribution is -2.54. The highest BCUT2D eigenvalue weighted by Gasteiger charge is 2.45. The van der Waals surface area contributed by atoms with E-state index < -0.39 is 25.6 Å². The molecular weight excluding hydrogens is 327 g/mol. The molecular formula is C18H25FN2O2S. The van der Waals surface area contributed by atoms with E-state index in [9.17, 15) is 13.4 Å². The van der Waals surface area contributed by atoms with Crippen LogP contribution in [0.1, 0.15) is 45.2 Å². The normalized spacial score (nSPS) is 29.1. The van der Waals surface area contributed by atoms with Crippen LogP contribution in [0, 0.1) is 5.82 Å². The molecule has 1 heterocycles. The molecule has 0 spiro atoms. The molecule has 0 fully saturated rings. The van der Waals surface area contributed by atoms with Crippen LogP contribution < -0.4 is 5.73 Å². The molecule has 0 radical (unpaired) electrons. The van der Waals surface area contributed by atoms with E-state index in [1.807, 2.05) is 0 Å². The Labute approximate surface area is 143 Å². The maximum atomic E-state index is 14.5. The Morgan fingerprint density at radius 2 is 2.04 bits per heavy atom. The van der Waals surface area contributed by atoms with Crippen molar-refractivity contribution in [1.82, 2.24) is 0 Å². The van der Waals surface area contributed by atoms with E-state index >= 15 is 0 Å². The molecule has 0 saturated carbocycles. The van der Waals surface area contributed by atoms with Gasteiger partial charge in [0, 0.05) is 24.2 Å². The van der Waals surface area contributed by atoms with Crippen LogP contribution >= 0.6 is 0 Å². The standard InChI is InChI=1S/C18H25FN2O2S/c1-6-13(22)9-12-7-8-15(19)14(10-12)18(4)11-24(5,23)17(2,3)16(20)21-18/h7-8,10H,5-6,9,11H2,1-4H3,(H2,20,21)/t18-,24?/m0/s1. The second kappa shape index (κ2) is 5.99. The van der Waals surface area contributed by atoms with Gasteiger partial charge in [0.15, 0.2) is 0 Å². The summed E-state index contributed by atoms with van der Waals surface area (Å²) in [4.78, 5) is 16.2. The number of nitrogens with zero attached hydrogens (tertiary/aromatic N) is 1. The van der Waals surface area contributed by atoms with Gasteiger partial charge >= 0.3 is 0 Å². The number of amidine groups is 1. The second-order valence-electron chi connectivity index (χ2n) is 7.12. The van der Waals surface area contributed by atoms with Gasteiger partial charge in [0.05, 0.1) is 10.3 Å². The first kappa shape index (κ1) is 18.6. The van der Waals surface area contributed by atoms with E-state index in [-0.39, 0.29) is 23.8 Å². The van der Waals surface area contributed by atoms with Crippen LogP contribution in [-0.2, 0) is 26.3 Å². The Bertz CT molecular complexity index is 812. The summed E-state index contributed by atoms with van der Waals surface area (Å²) in [5.41, 5.74) is 6.00. The lowest BCUT2D eigenvalue weighted by Gasteiger charge is -2.41. The molecule has 0 aromatic heterocycles. The summed E-state index contributed by atoms with van der Waals surface area (Å²) in [7, 11) is -2.61. The molecule has 0 amide bonds. The van der Waals surface area contributed by atoms with E-state index in [0.29, 0.717) is 17.5 Å². The first-order chi connectivity index (χ1) is 10.9. The molecule has 2 rings (SSSR count). The smallest absolute Gasteiger partial charge is 0.136 e. The topological polar surface area (TPSA) is 72.5 Å². The lowest BCUT2D eigenvalue weighted by molar-refractivity contribution is -0.118. The molecule has 1 unspecified atom stereocenters. The molecule has 1 aromatic carbocycles. The van der Waals surface area contributed by atoms with Gasteiger partial charge in [0.2, 0.25) is 0 Å². The molecule has 2 atom stereocenters. The largest absolute Gasteiger partial charge is 0.386 e. The number of halogens is 1. The molecule has 4 nitrogen and oxygen atoms in total. The minimum atomic E-state index is -2.61. The Kier molecular flexibility index (Phi) is 4.65. The Hall–Kier alpha value is -1.69. The van der Waals surface area contributed by atoms with Crippen molar-refractivity contribution in [2.24, 2.45) is 10.7 Å². The third-order valence-corrected chi connectivity index (χ3v) is 7.93. The number of benzene rings is 1. The first-order valence-electron chi connectivity index (χ1n) is 7.94. The minimum Gasteiger partial charge on any atom is -0.386 e. The van der Waals surface area contributed by atoms with Crippen LogP contribution in [0.15, 0.2) is 23.2 Å². The van der Waals surface area contributed by atoms with Crippen molar-refractivity contribution in [3.63, 3.8) is 0 Å². The van der Waals surface area contributed by atoms with Crippen molar-refractivity contribution in [3.05, 3.63) is 35.1 Å². The summed E-state index contributed by atoms with van der Waals surface area (Å²) in [6.45, 7) is 6.99. The van der Waals surface area contributed by atoms with Crippen LogP contribution in [0.4, 0.5) is 4.39 Å². The molecule has 1 aliphatic heterocycles. The molecule has 2 N–H and O–H groups in total. The maximum absolute atomic E-state index is 14.5. The zero-order chi connectivity index (χ0) is 18.3. The summed E-state index contributed by atoms with van der Waals surface area (Å²) < 4.78 is 26.7. The number of ketones is 1. The van der Waals surface area contributed by atoms with Crippen molar-refractivity contribution in [3.8, 4) is 0 Å². The quantitative estimate of drug-likeness (QED) is 0.846. The van der Waals surface area contributed by atoms with Gasteiger partial charge in [-0.2, -0.15) is 0 Å². The zero-order valence-corrected chi connectivity index (χ0v) is 15.5. The molecule has 6 heteroatoms. The van der Waals surface area contributed by atoms with E-state index in [1.54, 1.807) is 39.8 Å². The number of carbonyl (C=O) groups is 1. The summed E-state index contributed by atoms with van der Waals surface area (Å²) >= 11 is 0. The van der Waals surface area contributed by atoms with Gasteiger partial charge in [-0.25, -0.2) is 4.39 Å². The zero-order valence-electron chi connectivity index (χ0n) is 14.7. The van der Waals surface area contributed by atoms with Crippen molar-refractivity contribution < 1.29 is 13.4 Å². The summed E-state index contributed by atoms with van der Waals surface area (Å²) in [6, 6.07) is 4.56. The molecule has 1 aromatic rings. The average molecular weight is 352 g/mol. The Balaban J connectivity index is 2.57. The molecule has 0 aliphatic carbocycles. The van der Waals surface area contributed by atoms with Crippen LogP contribution in [0.5, 0.6) is 0 Å². The Morgan fingerprint density at radius 3 is 2.58 bits per heavy atom. The third kappa shape index (κ3) is 3.11. The van der Waals surface area contributed by atoms with Crippen LogP contribution in [-0.4, -0.2) is 32.2 Å². The van der Waals surface area contributed by atoms with Gasteiger partial charge in [0.25, 0.3) is 0 Å². The lowest BCUT2D eigenvalue weighted by atomic mass is 9.90. The predicted octanol–water partition coefficient (Wildman–Crippen LogP) is 2.43. The third-order valence-electron chi connectivity index (χ3n) is 4.83. The number of Topliss-reactive ketones (excluding diaryl/α,β-unsaturated/α-hetero) is 1. The SMILES string of the molecule is C=S1(=O)C[C@@](C)(c2cc(CC(=O)CC)ccc2F)N=C(N)C1(C)C. The van der Waals surface area contributed by atoms with Crippen molar-refractivity contribution in [1.29, 1.82) is 0 Å². The fourth-order valence-electron chi connectivity index (χ4n) is 2.84. The number of aliphatic imine (C=N–C) groups is 1. The van der Waals surface area contributed by atoms with Crippen molar-refractivity contribution in [2.75, 3.05) is 5.75 Å². The minimum absolute atomic E-state index is 0.0754. The van der Waals surface area contributed by atoms with Crippen molar-refractivity contribution >= 4 is 27.0 Å². The molecule has 1 aliphatic rings. The van der Waals surface area contributed by atoms with E-state index in [1.165, 1.54) is 6.07 Å². The van der Waals surface area contributed by atoms with Crippen LogP contribution in [0.2, 0.25) is 0 Å². The molecule has 132 valence electrons. The van der Waals surface area contributed by atoms with Gasteiger partial charge in [-0.3, -0.25) is 14.0 Å².